The summed E-state index contributed by atoms with van der Waals surface area (Å²) in [6.45, 7) is 5.79. The summed E-state index contributed by atoms with van der Waals surface area (Å²) in [4.78, 5) is 29.1. The molecule has 6 heteroatoms. The summed E-state index contributed by atoms with van der Waals surface area (Å²) in [6.07, 6.45) is 2.86. The third-order valence-electron chi connectivity index (χ3n) is 4.51. The lowest BCUT2D eigenvalue weighted by Crippen LogP contribution is -2.34. The number of amides is 1. The molecule has 1 saturated heterocycles. The first-order chi connectivity index (χ1) is 11.5. The van der Waals surface area contributed by atoms with Crippen LogP contribution in [0.15, 0.2) is 29.8 Å². The third-order valence-corrected chi connectivity index (χ3v) is 5.37. The molecule has 3 rings (SSSR count). The number of hydrogen-bond acceptors (Lipinski definition) is 4. The summed E-state index contributed by atoms with van der Waals surface area (Å²) in [5.74, 6) is 0.241. The zero-order chi connectivity index (χ0) is 17.1. The first-order valence-electron chi connectivity index (χ1n) is 8.26. The number of ketones is 1. The second kappa shape index (κ2) is 7.32. The topological polar surface area (TPSA) is 45.6 Å². The van der Waals surface area contributed by atoms with Gasteiger partial charge in [0.05, 0.1) is 4.88 Å². The fourth-order valence-electron chi connectivity index (χ4n) is 3.08. The molecular weight excluding hydrogens is 322 g/mol. The molecule has 1 aliphatic heterocycles. The van der Waals surface area contributed by atoms with Gasteiger partial charge in [0.15, 0.2) is 5.78 Å². The molecule has 0 atom stereocenters. The normalized spacial score (nSPS) is 16.2. The predicted molar refractivity (Wildman–Crippen MR) is 95.5 cm³/mol. The summed E-state index contributed by atoms with van der Waals surface area (Å²) in [5, 5.41) is 1.94. The zero-order valence-corrected chi connectivity index (χ0v) is 15.0. The average Bonchev–Trinajstić information content (AvgIpc) is 3.14. The molecule has 0 aliphatic carbocycles. The van der Waals surface area contributed by atoms with Crippen molar-refractivity contribution >= 4 is 23.0 Å². The number of carbonyl (C=O) groups is 2. The average molecular weight is 345 g/mol. The molecule has 128 valence electrons. The van der Waals surface area contributed by atoms with E-state index in [1.165, 1.54) is 11.3 Å². The quantitative estimate of drug-likeness (QED) is 0.800. The number of aromatic nitrogens is 1. The van der Waals surface area contributed by atoms with Gasteiger partial charge in [-0.2, -0.15) is 0 Å². The van der Waals surface area contributed by atoms with Crippen molar-refractivity contribution in [3.05, 3.63) is 45.9 Å². The maximum Gasteiger partial charge on any atom is 0.263 e. The summed E-state index contributed by atoms with van der Waals surface area (Å²) in [7, 11) is 1.98. The zero-order valence-electron chi connectivity index (χ0n) is 14.2. The lowest BCUT2D eigenvalue weighted by Gasteiger charge is -2.21. The Morgan fingerprint density at radius 1 is 1.21 bits per heavy atom. The monoisotopic (exact) mass is 345 g/mol. The Balaban J connectivity index is 1.61. The molecule has 0 N–H and O–H groups in total. The van der Waals surface area contributed by atoms with Crippen molar-refractivity contribution in [3.8, 4) is 0 Å². The number of rotatable bonds is 4. The van der Waals surface area contributed by atoms with Gasteiger partial charge < -0.3 is 9.47 Å². The molecule has 0 saturated carbocycles. The third kappa shape index (κ3) is 3.76. The number of hydrogen-bond donors (Lipinski definition) is 0. The molecule has 5 nitrogen and oxygen atoms in total. The Hall–Kier alpha value is -1.92. The number of Topliss-reactive ketones (excluding diaryl/α,β-unsaturated/α-hetero) is 1. The molecule has 0 radical (unpaired) electrons. The van der Waals surface area contributed by atoms with Crippen LogP contribution in [0.1, 0.15) is 39.1 Å². The van der Waals surface area contributed by atoms with Crippen LogP contribution in [0.5, 0.6) is 0 Å². The Bertz CT molecular complexity index is 721. The van der Waals surface area contributed by atoms with Gasteiger partial charge in [-0.05, 0) is 30.9 Å². The molecule has 1 amide bonds. The van der Waals surface area contributed by atoms with E-state index in [2.05, 4.69) is 4.90 Å². The predicted octanol–water partition coefficient (Wildman–Crippen LogP) is 2.64. The van der Waals surface area contributed by atoms with E-state index >= 15 is 0 Å². The van der Waals surface area contributed by atoms with Crippen molar-refractivity contribution in [2.45, 2.75) is 19.9 Å². The molecule has 1 fully saturated rings. The van der Waals surface area contributed by atoms with Gasteiger partial charge in [-0.3, -0.25) is 14.5 Å². The molecule has 2 aromatic rings. The number of aryl methyl sites for hydroxylation is 1. The molecule has 1 aliphatic rings. The van der Waals surface area contributed by atoms with Crippen LogP contribution < -0.4 is 0 Å². The molecule has 0 unspecified atom stereocenters. The van der Waals surface area contributed by atoms with E-state index in [4.69, 9.17) is 0 Å². The van der Waals surface area contributed by atoms with E-state index in [0.29, 0.717) is 0 Å². The molecule has 0 aromatic carbocycles. The van der Waals surface area contributed by atoms with E-state index in [0.717, 1.165) is 55.3 Å². The van der Waals surface area contributed by atoms with E-state index in [9.17, 15) is 9.59 Å². The van der Waals surface area contributed by atoms with Crippen LogP contribution in [0.3, 0.4) is 0 Å². The fraction of sp³-hybridized carbons (Fsp3) is 0.444. The highest BCUT2D eigenvalue weighted by Crippen LogP contribution is 2.16. The molecule has 3 heterocycles. The maximum atomic E-state index is 12.5. The van der Waals surface area contributed by atoms with Crippen LogP contribution in [-0.4, -0.2) is 52.2 Å². The van der Waals surface area contributed by atoms with Gasteiger partial charge in [-0.1, -0.05) is 6.07 Å². The van der Waals surface area contributed by atoms with Crippen LogP contribution in [0, 0.1) is 0 Å². The maximum absolute atomic E-state index is 12.5. The van der Waals surface area contributed by atoms with Gasteiger partial charge in [0, 0.05) is 57.2 Å². The summed E-state index contributed by atoms with van der Waals surface area (Å²) in [6, 6.07) is 5.79. The van der Waals surface area contributed by atoms with E-state index in [1.54, 1.807) is 6.92 Å². The second-order valence-electron chi connectivity index (χ2n) is 6.29. The Kier molecular flexibility index (Phi) is 5.16. The van der Waals surface area contributed by atoms with Crippen molar-refractivity contribution in [2.75, 3.05) is 26.2 Å². The van der Waals surface area contributed by atoms with Crippen molar-refractivity contribution in [3.63, 3.8) is 0 Å². The van der Waals surface area contributed by atoms with Crippen molar-refractivity contribution in [2.24, 2.45) is 7.05 Å². The van der Waals surface area contributed by atoms with Gasteiger partial charge >= 0.3 is 0 Å². The lowest BCUT2D eigenvalue weighted by molar-refractivity contribution is 0.0765. The number of carbonyl (C=O) groups excluding carboxylic acids is 2. The van der Waals surface area contributed by atoms with E-state index in [-0.39, 0.29) is 11.7 Å². The SMILES string of the molecule is CC(=O)c1cc(CN2CCCN(C(=O)c3cccs3)CC2)n(C)c1. The number of nitrogens with zero attached hydrogens (tertiary/aromatic N) is 3. The Morgan fingerprint density at radius 2 is 2.04 bits per heavy atom. The minimum Gasteiger partial charge on any atom is -0.353 e. The van der Waals surface area contributed by atoms with Gasteiger partial charge in [-0.15, -0.1) is 11.3 Å². The lowest BCUT2D eigenvalue weighted by atomic mass is 10.2. The smallest absolute Gasteiger partial charge is 0.263 e. The second-order valence-corrected chi connectivity index (χ2v) is 7.23. The molecule has 24 heavy (non-hydrogen) atoms. The minimum atomic E-state index is 0.0976. The molecule has 2 aromatic heterocycles. The van der Waals surface area contributed by atoms with Crippen LogP contribution >= 0.6 is 11.3 Å². The fourth-order valence-corrected chi connectivity index (χ4v) is 3.77. The Morgan fingerprint density at radius 3 is 2.71 bits per heavy atom. The van der Waals surface area contributed by atoms with Crippen LogP contribution in [-0.2, 0) is 13.6 Å². The summed E-state index contributed by atoms with van der Waals surface area (Å²) in [5.41, 5.74) is 1.90. The highest BCUT2D eigenvalue weighted by molar-refractivity contribution is 7.12. The molecular formula is C18H23N3O2S. The highest BCUT2D eigenvalue weighted by Gasteiger charge is 2.21. The number of thiophene rings is 1. The van der Waals surface area contributed by atoms with Crippen molar-refractivity contribution < 1.29 is 9.59 Å². The van der Waals surface area contributed by atoms with Crippen LogP contribution in [0.2, 0.25) is 0 Å². The van der Waals surface area contributed by atoms with Gasteiger partial charge in [0.1, 0.15) is 0 Å². The standard InChI is InChI=1S/C18H23N3O2S/c1-14(22)15-11-16(19(2)12-15)13-20-6-4-7-21(9-8-20)18(23)17-5-3-10-24-17/h3,5,10-12H,4,6-9,13H2,1-2H3. The summed E-state index contributed by atoms with van der Waals surface area (Å²) >= 11 is 1.50. The summed E-state index contributed by atoms with van der Waals surface area (Å²) < 4.78 is 2.02. The van der Waals surface area contributed by atoms with Crippen LogP contribution in [0.4, 0.5) is 0 Å². The molecule has 0 spiro atoms. The first kappa shape index (κ1) is 16.9. The van der Waals surface area contributed by atoms with Crippen molar-refractivity contribution in [1.29, 1.82) is 0 Å². The Labute approximate surface area is 146 Å². The van der Waals surface area contributed by atoms with Gasteiger partial charge in [-0.25, -0.2) is 0 Å². The van der Waals surface area contributed by atoms with Crippen LogP contribution in [0.25, 0.3) is 0 Å². The van der Waals surface area contributed by atoms with Crippen molar-refractivity contribution in [1.82, 2.24) is 14.4 Å². The molecule has 0 bridgehead atoms. The van der Waals surface area contributed by atoms with Gasteiger partial charge in [0.2, 0.25) is 0 Å². The van der Waals surface area contributed by atoms with Gasteiger partial charge in [0.25, 0.3) is 5.91 Å². The largest absolute Gasteiger partial charge is 0.353 e. The first-order valence-corrected chi connectivity index (χ1v) is 9.14. The highest BCUT2D eigenvalue weighted by atomic mass is 32.1. The van der Waals surface area contributed by atoms with E-state index in [1.807, 2.05) is 46.3 Å². The minimum absolute atomic E-state index is 0.0976. The van der Waals surface area contributed by atoms with E-state index < -0.39 is 0 Å².